The molecule has 0 amide bonds. The van der Waals surface area contributed by atoms with Crippen molar-refractivity contribution in [3.63, 3.8) is 0 Å². The summed E-state index contributed by atoms with van der Waals surface area (Å²) in [6.45, 7) is 4.28. The SMILES string of the molecule is C=CC1=CC=CCN1CC(=O)O. The zero-order valence-electron chi connectivity index (χ0n) is 6.73. The Morgan fingerprint density at radius 2 is 2.58 bits per heavy atom. The van der Waals surface area contributed by atoms with Crippen molar-refractivity contribution in [2.24, 2.45) is 0 Å². The predicted molar refractivity (Wildman–Crippen MR) is 46.6 cm³/mol. The van der Waals surface area contributed by atoms with Gasteiger partial charge in [0, 0.05) is 12.2 Å². The highest BCUT2D eigenvalue weighted by atomic mass is 16.4. The Morgan fingerprint density at radius 1 is 1.83 bits per heavy atom. The Balaban J connectivity index is 2.65. The van der Waals surface area contributed by atoms with E-state index >= 15 is 0 Å². The minimum Gasteiger partial charge on any atom is -0.480 e. The summed E-state index contributed by atoms with van der Waals surface area (Å²) in [6, 6.07) is 0. The van der Waals surface area contributed by atoms with E-state index in [-0.39, 0.29) is 6.54 Å². The molecule has 1 aliphatic rings. The predicted octanol–water partition coefficient (Wildman–Crippen LogP) is 1.01. The largest absolute Gasteiger partial charge is 0.480 e. The van der Waals surface area contributed by atoms with E-state index in [2.05, 4.69) is 6.58 Å². The molecule has 12 heavy (non-hydrogen) atoms. The van der Waals surface area contributed by atoms with Crippen molar-refractivity contribution in [3.8, 4) is 0 Å². The monoisotopic (exact) mass is 165 g/mol. The normalized spacial score (nSPS) is 15.7. The van der Waals surface area contributed by atoms with Crippen LogP contribution < -0.4 is 0 Å². The van der Waals surface area contributed by atoms with Crippen molar-refractivity contribution in [1.29, 1.82) is 0 Å². The van der Waals surface area contributed by atoms with E-state index in [0.717, 1.165) is 5.70 Å². The summed E-state index contributed by atoms with van der Waals surface area (Å²) in [7, 11) is 0. The van der Waals surface area contributed by atoms with E-state index < -0.39 is 5.97 Å². The fourth-order valence-corrected chi connectivity index (χ4v) is 1.08. The van der Waals surface area contributed by atoms with Gasteiger partial charge >= 0.3 is 5.97 Å². The van der Waals surface area contributed by atoms with Crippen molar-refractivity contribution < 1.29 is 9.90 Å². The molecule has 1 N–H and O–H groups in total. The highest BCUT2D eigenvalue weighted by molar-refractivity contribution is 5.69. The van der Waals surface area contributed by atoms with Crippen LogP contribution in [-0.4, -0.2) is 29.1 Å². The van der Waals surface area contributed by atoms with Crippen LogP contribution in [0.1, 0.15) is 0 Å². The molecule has 0 unspecified atom stereocenters. The van der Waals surface area contributed by atoms with E-state index in [1.165, 1.54) is 0 Å². The summed E-state index contributed by atoms with van der Waals surface area (Å²) >= 11 is 0. The Kier molecular flexibility index (Phi) is 2.69. The highest BCUT2D eigenvalue weighted by Crippen LogP contribution is 2.09. The van der Waals surface area contributed by atoms with Crippen molar-refractivity contribution in [2.45, 2.75) is 0 Å². The molecule has 3 heteroatoms. The molecule has 0 spiro atoms. The summed E-state index contributed by atoms with van der Waals surface area (Å²) in [5, 5.41) is 8.55. The highest BCUT2D eigenvalue weighted by Gasteiger charge is 2.10. The first kappa shape index (κ1) is 8.59. The van der Waals surface area contributed by atoms with Crippen molar-refractivity contribution >= 4 is 5.97 Å². The molecule has 0 fully saturated rings. The van der Waals surface area contributed by atoms with Gasteiger partial charge in [0.2, 0.25) is 0 Å². The van der Waals surface area contributed by atoms with Gasteiger partial charge in [0.1, 0.15) is 6.54 Å². The number of nitrogens with zero attached hydrogens (tertiary/aromatic N) is 1. The first-order valence-electron chi connectivity index (χ1n) is 3.70. The summed E-state index contributed by atoms with van der Waals surface area (Å²) < 4.78 is 0. The standard InChI is InChI=1S/C9H11NO2/c1-2-8-5-3-4-6-10(8)7-9(11)12/h2-5H,1,6-7H2,(H,11,12). The van der Waals surface area contributed by atoms with Crippen LogP contribution in [0, 0.1) is 0 Å². The number of allylic oxidation sites excluding steroid dienone is 3. The molecule has 0 saturated carbocycles. The fourth-order valence-electron chi connectivity index (χ4n) is 1.08. The van der Waals surface area contributed by atoms with Crippen molar-refractivity contribution in [3.05, 3.63) is 36.6 Å². The molecule has 0 aromatic heterocycles. The number of hydrogen-bond donors (Lipinski definition) is 1. The van der Waals surface area contributed by atoms with Gasteiger partial charge in [-0.1, -0.05) is 18.7 Å². The van der Waals surface area contributed by atoms with Gasteiger partial charge in [0.15, 0.2) is 0 Å². The summed E-state index contributed by atoms with van der Waals surface area (Å²) in [5.41, 5.74) is 0.861. The number of rotatable bonds is 3. The number of aliphatic carboxylic acids is 1. The lowest BCUT2D eigenvalue weighted by molar-refractivity contribution is -0.137. The van der Waals surface area contributed by atoms with Crippen LogP contribution in [0.3, 0.4) is 0 Å². The molecule has 1 heterocycles. The molecule has 64 valence electrons. The van der Waals surface area contributed by atoms with Gasteiger partial charge in [-0.05, 0) is 12.2 Å². The van der Waals surface area contributed by atoms with Gasteiger partial charge in [-0.25, -0.2) is 0 Å². The molecule has 0 atom stereocenters. The molecule has 0 aliphatic carbocycles. The topological polar surface area (TPSA) is 40.5 Å². The molecular formula is C9H11NO2. The number of carbonyl (C=O) groups is 1. The summed E-state index contributed by atoms with van der Waals surface area (Å²) in [4.78, 5) is 12.1. The van der Waals surface area contributed by atoms with E-state index in [9.17, 15) is 4.79 Å². The second-order valence-electron chi connectivity index (χ2n) is 2.50. The average molecular weight is 165 g/mol. The molecule has 3 nitrogen and oxygen atoms in total. The quantitative estimate of drug-likeness (QED) is 0.678. The fraction of sp³-hybridized carbons (Fsp3) is 0.222. The zero-order chi connectivity index (χ0) is 8.97. The summed E-state index contributed by atoms with van der Waals surface area (Å²) in [5.74, 6) is -0.821. The number of hydrogen-bond acceptors (Lipinski definition) is 2. The van der Waals surface area contributed by atoms with Crippen LogP contribution in [0.15, 0.2) is 36.6 Å². The molecule has 0 radical (unpaired) electrons. The van der Waals surface area contributed by atoms with Gasteiger partial charge in [-0.15, -0.1) is 0 Å². The minimum atomic E-state index is -0.821. The molecule has 0 aromatic carbocycles. The van der Waals surface area contributed by atoms with Gasteiger partial charge in [-0.3, -0.25) is 4.79 Å². The molecule has 1 rings (SSSR count). The Bertz CT molecular complexity index is 253. The van der Waals surface area contributed by atoms with Crippen LogP contribution in [0.5, 0.6) is 0 Å². The lowest BCUT2D eigenvalue weighted by atomic mass is 10.2. The van der Waals surface area contributed by atoms with Gasteiger partial charge in [-0.2, -0.15) is 0 Å². The van der Waals surface area contributed by atoms with E-state index in [4.69, 9.17) is 5.11 Å². The van der Waals surface area contributed by atoms with Crippen LogP contribution in [0.2, 0.25) is 0 Å². The van der Waals surface area contributed by atoms with E-state index in [1.807, 2.05) is 18.2 Å². The zero-order valence-corrected chi connectivity index (χ0v) is 6.73. The van der Waals surface area contributed by atoms with Gasteiger partial charge < -0.3 is 10.0 Å². The average Bonchev–Trinajstić information content (AvgIpc) is 2.04. The summed E-state index contributed by atoms with van der Waals surface area (Å²) in [6.07, 6.45) is 7.32. The lowest BCUT2D eigenvalue weighted by Crippen LogP contribution is -2.29. The number of carboxylic acids is 1. The molecular weight excluding hydrogens is 154 g/mol. The molecule has 0 saturated heterocycles. The van der Waals surface area contributed by atoms with Crippen LogP contribution >= 0.6 is 0 Å². The maximum absolute atomic E-state index is 10.4. The third kappa shape index (κ3) is 1.99. The third-order valence-corrected chi connectivity index (χ3v) is 1.63. The van der Waals surface area contributed by atoms with Crippen molar-refractivity contribution in [2.75, 3.05) is 13.1 Å². The molecule has 0 bridgehead atoms. The van der Waals surface area contributed by atoms with E-state index in [1.54, 1.807) is 11.0 Å². The van der Waals surface area contributed by atoms with Crippen LogP contribution in [0.4, 0.5) is 0 Å². The van der Waals surface area contributed by atoms with E-state index in [0.29, 0.717) is 6.54 Å². The Hall–Kier alpha value is -1.51. The minimum absolute atomic E-state index is 0.0300. The van der Waals surface area contributed by atoms with Crippen LogP contribution in [-0.2, 0) is 4.79 Å². The van der Waals surface area contributed by atoms with Crippen LogP contribution in [0.25, 0.3) is 0 Å². The Morgan fingerprint density at radius 3 is 3.17 bits per heavy atom. The lowest BCUT2D eigenvalue weighted by Gasteiger charge is -2.23. The third-order valence-electron chi connectivity index (χ3n) is 1.63. The first-order chi connectivity index (χ1) is 5.74. The Labute approximate surface area is 71.3 Å². The van der Waals surface area contributed by atoms with Gasteiger partial charge in [0.25, 0.3) is 0 Å². The van der Waals surface area contributed by atoms with Gasteiger partial charge in [0.05, 0.1) is 0 Å². The molecule has 0 aromatic rings. The maximum Gasteiger partial charge on any atom is 0.323 e. The van der Waals surface area contributed by atoms with Crippen molar-refractivity contribution in [1.82, 2.24) is 4.90 Å². The second-order valence-corrected chi connectivity index (χ2v) is 2.50. The smallest absolute Gasteiger partial charge is 0.323 e. The number of carboxylic acid groups (broad SMARTS) is 1. The first-order valence-corrected chi connectivity index (χ1v) is 3.70. The molecule has 1 aliphatic heterocycles. The second kappa shape index (κ2) is 3.76. The maximum atomic E-state index is 10.4.